The third kappa shape index (κ3) is 3.46. The monoisotopic (exact) mass is 277 g/mol. The highest BCUT2D eigenvalue weighted by Gasteiger charge is 2.31. The molecule has 1 fully saturated rings. The van der Waals surface area contributed by atoms with Crippen molar-refractivity contribution in [2.24, 2.45) is 5.73 Å². The van der Waals surface area contributed by atoms with Crippen molar-refractivity contribution in [3.63, 3.8) is 0 Å². The van der Waals surface area contributed by atoms with E-state index in [2.05, 4.69) is 5.32 Å². The van der Waals surface area contributed by atoms with Crippen molar-refractivity contribution in [2.45, 2.75) is 37.6 Å². The van der Waals surface area contributed by atoms with Crippen LogP contribution in [0.2, 0.25) is 5.02 Å². The van der Waals surface area contributed by atoms with E-state index in [1.165, 1.54) is 6.07 Å². The van der Waals surface area contributed by atoms with Crippen LogP contribution < -0.4 is 11.1 Å². The molecular weight excluding hydrogens is 262 g/mol. The van der Waals surface area contributed by atoms with Gasteiger partial charge in [-0.15, -0.1) is 0 Å². The fraction of sp³-hybridized carbons (Fsp3) is 0.429. The molecule has 3 N–H and O–H groups in total. The average Bonchev–Trinajstić information content (AvgIpc) is 2.78. The topological polar surface area (TPSA) is 78.9 Å². The van der Waals surface area contributed by atoms with Crippen molar-refractivity contribution < 1.29 is 4.79 Å². The van der Waals surface area contributed by atoms with E-state index in [-0.39, 0.29) is 11.4 Å². The lowest BCUT2D eigenvalue weighted by molar-refractivity contribution is -0.117. The molecule has 1 saturated carbocycles. The van der Waals surface area contributed by atoms with Gasteiger partial charge in [-0.25, -0.2) is 0 Å². The normalized spacial score (nSPS) is 16.9. The third-order valence-corrected chi connectivity index (χ3v) is 3.80. The second-order valence-corrected chi connectivity index (χ2v) is 5.51. The van der Waals surface area contributed by atoms with Gasteiger partial charge in [-0.1, -0.05) is 24.4 Å². The third-order valence-electron chi connectivity index (χ3n) is 3.48. The van der Waals surface area contributed by atoms with Gasteiger partial charge < -0.3 is 11.1 Å². The van der Waals surface area contributed by atoms with Crippen molar-refractivity contribution in [1.29, 1.82) is 5.26 Å². The second-order valence-electron chi connectivity index (χ2n) is 5.10. The van der Waals surface area contributed by atoms with E-state index in [0.717, 1.165) is 25.7 Å². The van der Waals surface area contributed by atoms with Crippen LogP contribution in [0.15, 0.2) is 18.2 Å². The van der Waals surface area contributed by atoms with Crippen LogP contribution in [-0.2, 0) is 4.79 Å². The number of nitriles is 1. The van der Waals surface area contributed by atoms with Gasteiger partial charge in [0.05, 0.1) is 22.3 Å². The number of amides is 1. The molecule has 1 aliphatic carbocycles. The van der Waals surface area contributed by atoms with Gasteiger partial charge in [-0.2, -0.15) is 5.26 Å². The summed E-state index contributed by atoms with van der Waals surface area (Å²) in [6, 6.07) is 6.78. The number of nitrogens with one attached hydrogen (secondary N) is 1. The van der Waals surface area contributed by atoms with E-state index in [9.17, 15) is 4.79 Å². The smallest absolute Gasteiger partial charge is 0.226 e. The number of halogens is 1. The molecule has 0 unspecified atom stereocenters. The highest BCUT2D eigenvalue weighted by atomic mass is 35.5. The quantitative estimate of drug-likeness (QED) is 0.892. The van der Waals surface area contributed by atoms with E-state index in [0.29, 0.717) is 22.7 Å². The van der Waals surface area contributed by atoms with Crippen molar-refractivity contribution in [2.75, 3.05) is 5.32 Å². The zero-order valence-electron chi connectivity index (χ0n) is 10.6. The molecule has 0 spiro atoms. The highest BCUT2D eigenvalue weighted by molar-refractivity contribution is 6.33. The molecule has 19 heavy (non-hydrogen) atoms. The Hall–Kier alpha value is -1.57. The zero-order chi connectivity index (χ0) is 13.9. The molecule has 0 radical (unpaired) electrons. The summed E-state index contributed by atoms with van der Waals surface area (Å²) in [6.07, 6.45) is 4.26. The molecule has 4 nitrogen and oxygen atoms in total. The standard InChI is InChI=1S/C14H16ClN3O/c15-11-7-10(9-16)3-4-12(11)18-13(19)8-14(17)5-1-2-6-14/h3-4,7H,1-2,5-6,8,17H2,(H,18,19). The molecule has 1 amide bonds. The Bertz CT molecular complexity index is 530. The number of hydrogen-bond donors (Lipinski definition) is 2. The van der Waals surface area contributed by atoms with Crippen LogP contribution in [0.1, 0.15) is 37.7 Å². The van der Waals surface area contributed by atoms with Crippen LogP contribution in [0.5, 0.6) is 0 Å². The minimum absolute atomic E-state index is 0.129. The maximum absolute atomic E-state index is 12.0. The zero-order valence-corrected chi connectivity index (χ0v) is 11.3. The number of carbonyl (C=O) groups excluding carboxylic acids is 1. The lowest BCUT2D eigenvalue weighted by Crippen LogP contribution is -2.40. The Balaban J connectivity index is 2.01. The molecule has 0 atom stereocenters. The van der Waals surface area contributed by atoms with E-state index in [1.54, 1.807) is 12.1 Å². The number of anilines is 1. The molecule has 1 aromatic rings. The van der Waals surface area contributed by atoms with Crippen LogP contribution in [0, 0.1) is 11.3 Å². The molecule has 0 bridgehead atoms. The van der Waals surface area contributed by atoms with Gasteiger partial charge in [0.25, 0.3) is 0 Å². The Morgan fingerprint density at radius 2 is 2.16 bits per heavy atom. The predicted octanol–water partition coefficient (Wildman–Crippen LogP) is 2.81. The summed E-state index contributed by atoms with van der Waals surface area (Å²) in [6.45, 7) is 0. The first kappa shape index (κ1) is 13.9. The van der Waals surface area contributed by atoms with Crippen LogP contribution in [-0.4, -0.2) is 11.4 Å². The summed E-state index contributed by atoms with van der Waals surface area (Å²) in [5.74, 6) is -0.129. The summed E-state index contributed by atoms with van der Waals surface area (Å²) >= 11 is 6.01. The maximum atomic E-state index is 12.0. The summed E-state index contributed by atoms with van der Waals surface area (Å²) in [4.78, 5) is 12.0. The number of benzene rings is 1. The number of nitrogens with zero attached hydrogens (tertiary/aromatic N) is 1. The van der Waals surface area contributed by atoms with Crippen LogP contribution in [0.4, 0.5) is 5.69 Å². The number of hydrogen-bond acceptors (Lipinski definition) is 3. The predicted molar refractivity (Wildman–Crippen MR) is 74.8 cm³/mol. The summed E-state index contributed by atoms with van der Waals surface area (Å²) < 4.78 is 0. The van der Waals surface area contributed by atoms with Gasteiger partial charge in [0.15, 0.2) is 0 Å². The second kappa shape index (κ2) is 5.60. The van der Waals surface area contributed by atoms with Crippen molar-refractivity contribution >= 4 is 23.2 Å². The van der Waals surface area contributed by atoms with Gasteiger partial charge in [-0.3, -0.25) is 4.79 Å². The molecule has 0 aromatic heterocycles. The molecule has 100 valence electrons. The molecule has 1 aromatic carbocycles. The first-order valence-electron chi connectivity index (χ1n) is 6.31. The first-order chi connectivity index (χ1) is 9.02. The Morgan fingerprint density at radius 1 is 1.47 bits per heavy atom. The Morgan fingerprint density at radius 3 is 2.74 bits per heavy atom. The molecule has 0 heterocycles. The molecule has 5 heteroatoms. The van der Waals surface area contributed by atoms with E-state index >= 15 is 0 Å². The maximum Gasteiger partial charge on any atom is 0.226 e. The summed E-state index contributed by atoms with van der Waals surface area (Å²) in [5.41, 5.74) is 6.78. The molecule has 0 aliphatic heterocycles. The Labute approximate surface area is 117 Å². The minimum Gasteiger partial charge on any atom is -0.325 e. The fourth-order valence-electron chi connectivity index (χ4n) is 2.46. The van der Waals surface area contributed by atoms with Crippen LogP contribution in [0.3, 0.4) is 0 Å². The lowest BCUT2D eigenvalue weighted by atomic mass is 9.94. The van der Waals surface area contributed by atoms with E-state index < -0.39 is 0 Å². The van der Waals surface area contributed by atoms with Crippen molar-refractivity contribution in [3.8, 4) is 6.07 Å². The molecule has 1 aliphatic rings. The van der Waals surface area contributed by atoms with E-state index in [1.807, 2.05) is 6.07 Å². The molecule has 0 saturated heterocycles. The number of rotatable bonds is 3. The lowest BCUT2D eigenvalue weighted by Gasteiger charge is -2.22. The molecule has 2 rings (SSSR count). The number of nitrogens with two attached hydrogens (primary N) is 1. The van der Waals surface area contributed by atoms with Gasteiger partial charge >= 0.3 is 0 Å². The first-order valence-corrected chi connectivity index (χ1v) is 6.69. The van der Waals surface area contributed by atoms with Crippen LogP contribution in [0.25, 0.3) is 0 Å². The average molecular weight is 278 g/mol. The Kier molecular flexibility index (Phi) is 4.08. The van der Waals surface area contributed by atoms with E-state index in [4.69, 9.17) is 22.6 Å². The SMILES string of the molecule is N#Cc1ccc(NC(=O)CC2(N)CCCC2)c(Cl)c1. The van der Waals surface area contributed by atoms with Gasteiger partial charge in [0.1, 0.15) is 0 Å². The largest absolute Gasteiger partial charge is 0.325 e. The summed E-state index contributed by atoms with van der Waals surface area (Å²) in [7, 11) is 0. The van der Waals surface area contributed by atoms with Crippen molar-refractivity contribution in [3.05, 3.63) is 28.8 Å². The molecular formula is C14H16ClN3O. The fourth-order valence-corrected chi connectivity index (χ4v) is 2.68. The number of carbonyl (C=O) groups is 1. The van der Waals surface area contributed by atoms with Gasteiger partial charge in [-0.05, 0) is 31.0 Å². The minimum atomic E-state index is -0.372. The van der Waals surface area contributed by atoms with Crippen LogP contribution >= 0.6 is 11.6 Å². The van der Waals surface area contributed by atoms with Gasteiger partial charge in [0.2, 0.25) is 5.91 Å². The summed E-state index contributed by atoms with van der Waals surface area (Å²) in [5, 5.41) is 11.9. The van der Waals surface area contributed by atoms with Crippen molar-refractivity contribution in [1.82, 2.24) is 0 Å². The van der Waals surface area contributed by atoms with Gasteiger partial charge in [0, 0.05) is 12.0 Å². The highest BCUT2D eigenvalue weighted by Crippen LogP contribution is 2.31.